The van der Waals surface area contributed by atoms with Crippen LogP contribution in [-0.2, 0) is 11.2 Å². The first kappa shape index (κ1) is 12.1. The smallest absolute Gasteiger partial charge is 0.226 e. The molecule has 0 atom stereocenters. The summed E-state index contributed by atoms with van der Waals surface area (Å²) >= 11 is 0. The fraction of sp³-hybridized carbons (Fsp3) is 0.667. The van der Waals surface area contributed by atoms with Crippen molar-refractivity contribution in [2.75, 3.05) is 19.6 Å². The van der Waals surface area contributed by atoms with Crippen molar-refractivity contribution in [3.05, 3.63) is 18.2 Å². The van der Waals surface area contributed by atoms with Gasteiger partial charge in [0.2, 0.25) is 5.91 Å². The molecule has 3 N–H and O–H groups in total. The van der Waals surface area contributed by atoms with E-state index in [1.807, 2.05) is 0 Å². The van der Waals surface area contributed by atoms with Crippen molar-refractivity contribution in [2.24, 2.45) is 5.41 Å². The summed E-state index contributed by atoms with van der Waals surface area (Å²) < 4.78 is 0. The Morgan fingerprint density at radius 3 is 2.94 bits per heavy atom. The second-order valence-electron chi connectivity index (χ2n) is 4.85. The first-order valence-electron chi connectivity index (χ1n) is 6.18. The van der Waals surface area contributed by atoms with Gasteiger partial charge in [-0.15, -0.1) is 0 Å². The summed E-state index contributed by atoms with van der Waals surface area (Å²) in [5, 5.41) is 6.28. The second-order valence-corrected chi connectivity index (χ2v) is 4.85. The summed E-state index contributed by atoms with van der Waals surface area (Å²) in [7, 11) is 0. The first-order valence-corrected chi connectivity index (χ1v) is 6.18. The number of nitrogens with zero attached hydrogens (tertiary/aromatic N) is 1. The molecular weight excluding hydrogens is 216 g/mol. The quantitative estimate of drug-likeness (QED) is 0.711. The van der Waals surface area contributed by atoms with Crippen molar-refractivity contribution < 1.29 is 4.79 Å². The number of hydrogen-bond acceptors (Lipinski definition) is 3. The van der Waals surface area contributed by atoms with Crippen LogP contribution in [-0.4, -0.2) is 35.5 Å². The van der Waals surface area contributed by atoms with Gasteiger partial charge in [0.05, 0.1) is 0 Å². The Morgan fingerprint density at radius 2 is 2.29 bits per heavy atom. The third kappa shape index (κ3) is 3.06. The van der Waals surface area contributed by atoms with E-state index in [2.05, 4.69) is 27.5 Å². The third-order valence-electron chi connectivity index (χ3n) is 3.46. The summed E-state index contributed by atoms with van der Waals surface area (Å²) in [6.45, 7) is 4.57. The van der Waals surface area contributed by atoms with E-state index in [4.69, 9.17) is 0 Å². The molecular formula is C12H20N4O. The number of H-pyrrole nitrogens is 1. The fourth-order valence-corrected chi connectivity index (χ4v) is 2.15. The lowest BCUT2D eigenvalue weighted by atomic mass is 9.80. The molecule has 0 unspecified atom stereocenters. The number of piperidine rings is 1. The molecule has 5 nitrogen and oxygen atoms in total. The minimum Gasteiger partial charge on any atom is -0.355 e. The molecule has 1 amide bonds. The number of imidazole rings is 1. The summed E-state index contributed by atoms with van der Waals surface area (Å²) in [5.41, 5.74) is -0.200. The maximum absolute atomic E-state index is 12.1. The van der Waals surface area contributed by atoms with Crippen molar-refractivity contribution in [2.45, 2.75) is 26.2 Å². The number of aromatic amines is 1. The van der Waals surface area contributed by atoms with E-state index in [1.165, 1.54) is 0 Å². The van der Waals surface area contributed by atoms with Crippen molar-refractivity contribution >= 4 is 5.91 Å². The minimum absolute atomic E-state index is 0.172. The van der Waals surface area contributed by atoms with Gasteiger partial charge in [-0.3, -0.25) is 4.79 Å². The van der Waals surface area contributed by atoms with Crippen molar-refractivity contribution in [1.29, 1.82) is 0 Å². The SMILES string of the molecule is CC1(C(=O)NCCc2ncc[nH]2)CCNCC1. The lowest BCUT2D eigenvalue weighted by molar-refractivity contribution is -0.131. The van der Waals surface area contributed by atoms with E-state index in [1.54, 1.807) is 12.4 Å². The number of carbonyl (C=O) groups is 1. The van der Waals surface area contributed by atoms with E-state index >= 15 is 0 Å². The lowest BCUT2D eigenvalue weighted by Gasteiger charge is -2.32. The third-order valence-corrected chi connectivity index (χ3v) is 3.46. The molecule has 0 aliphatic carbocycles. The molecule has 1 aliphatic heterocycles. The van der Waals surface area contributed by atoms with Gasteiger partial charge in [-0.25, -0.2) is 4.98 Å². The largest absolute Gasteiger partial charge is 0.355 e. The Balaban J connectivity index is 1.76. The number of rotatable bonds is 4. The van der Waals surface area contributed by atoms with Gasteiger partial charge in [-0.1, -0.05) is 6.92 Å². The highest BCUT2D eigenvalue weighted by atomic mass is 16.2. The Morgan fingerprint density at radius 1 is 1.53 bits per heavy atom. The van der Waals surface area contributed by atoms with Gasteiger partial charge in [0.15, 0.2) is 0 Å². The average molecular weight is 236 g/mol. The van der Waals surface area contributed by atoms with Crippen LogP contribution < -0.4 is 10.6 Å². The topological polar surface area (TPSA) is 69.8 Å². The van der Waals surface area contributed by atoms with Gasteiger partial charge in [0.25, 0.3) is 0 Å². The van der Waals surface area contributed by atoms with E-state index in [0.717, 1.165) is 38.2 Å². The van der Waals surface area contributed by atoms with Gasteiger partial charge < -0.3 is 15.6 Å². The highest BCUT2D eigenvalue weighted by Gasteiger charge is 2.34. The van der Waals surface area contributed by atoms with Crippen LogP contribution in [0, 0.1) is 5.41 Å². The summed E-state index contributed by atoms with van der Waals surface area (Å²) in [5.74, 6) is 1.09. The number of nitrogens with one attached hydrogen (secondary N) is 3. The maximum atomic E-state index is 12.1. The second kappa shape index (κ2) is 5.31. The molecule has 1 aromatic rings. The predicted molar refractivity (Wildman–Crippen MR) is 65.5 cm³/mol. The summed E-state index contributed by atoms with van der Waals surface area (Å²) in [4.78, 5) is 19.2. The fourth-order valence-electron chi connectivity index (χ4n) is 2.15. The molecule has 1 aliphatic rings. The van der Waals surface area contributed by atoms with Gasteiger partial charge in [-0.2, -0.15) is 0 Å². The number of amides is 1. The predicted octanol–water partition coefficient (Wildman–Crippen LogP) is 0.458. The van der Waals surface area contributed by atoms with E-state index < -0.39 is 0 Å². The van der Waals surface area contributed by atoms with Crippen LogP contribution >= 0.6 is 0 Å². The highest BCUT2D eigenvalue weighted by Crippen LogP contribution is 2.27. The van der Waals surface area contributed by atoms with E-state index in [0.29, 0.717) is 6.54 Å². The Labute approximate surface area is 101 Å². The molecule has 0 radical (unpaired) electrons. The summed E-state index contributed by atoms with van der Waals surface area (Å²) in [6, 6.07) is 0. The molecule has 94 valence electrons. The normalized spacial score (nSPS) is 18.9. The number of aromatic nitrogens is 2. The zero-order valence-corrected chi connectivity index (χ0v) is 10.3. The van der Waals surface area contributed by atoms with Crippen LogP contribution in [0.25, 0.3) is 0 Å². The molecule has 0 saturated carbocycles. The van der Waals surface area contributed by atoms with Crippen LogP contribution in [0.4, 0.5) is 0 Å². The maximum Gasteiger partial charge on any atom is 0.226 e. The zero-order chi connectivity index (χ0) is 12.1. The van der Waals surface area contributed by atoms with E-state index in [-0.39, 0.29) is 11.3 Å². The van der Waals surface area contributed by atoms with Crippen LogP contribution in [0.5, 0.6) is 0 Å². The van der Waals surface area contributed by atoms with Crippen LogP contribution in [0.1, 0.15) is 25.6 Å². The molecule has 1 aromatic heterocycles. The zero-order valence-electron chi connectivity index (χ0n) is 10.3. The van der Waals surface area contributed by atoms with Crippen molar-refractivity contribution in [1.82, 2.24) is 20.6 Å². The number of carbonyl (C=O) groups excluding carboxylic acids is 1. The average Bonchev–Trinajstić information content (AvgIpc) is 2.83. The first-order chi connectivity index (χ1) is 8.21. The highest BCUT2D eigenvalue weighted by molar-refractivity contribution is 5.82. The van der Waals surface area contributed by atoms with Crippen molar-refractivity contribution in [3.63, 3.8) is 0 Å². The van der Waals surface area contributed by atoms with Crippen LogP contribution in [0.15, 0.2) is 12.4 Å². The monoisotopic (exact) mass is 236 g/mol. The molecule has 1 fully saturated rings. The van der Waals surface area contributed by atoms with Crippen molar-refractivity contribution in [3.8, 4) is 0 Å². The molecule has 0 aromatic carbocycles. The molecule has 1 saturated heterocycles. The Hall–Kier alpha value is -1.36. The molecule has 2 rings (SSSR count). The van der Waals surface area contributed by atoms with E-state index in [9.17, 15) is 4.79 Å². The van der Waals surface area contributed by atoms with Gasteiger partial charge in [0, 0.05) is 30.8 Å². The lowest BCUT2D eigenvalue weighted by Crippen LogP contribution is -2.46. The number of hydrogen-bond donors (Lipinski definition) is 3. The molecule has 17 heavy (non-hydrogen) atoms. The Kier molecular flexibility index (Phi) is 3.78. The summed E-state index contributed by atoms with van der Waals surface area (Å²) in [6.07, 6.45) is 6.11. The van der Waals surface area contributed by atoms with Gasteiger partial charge in [-0.05, 0) is 25.9 Å². The standard InChI is InChI=1S/C12H20N4O/c1-12(3-6-13-7-4-12)11(17)16-5-2-10-14-8-9-15-10/h8-9,13H,2-7H2,1H3,(H,14,15)(H,16,17). The van der Waals surface area contributed by atoms with Crippen LogP contribution in [0.2, 0.25) is 0 Å². The van der Waals surface area contributed by atoms with Gasteiger partial charge >= 0.3 is 0 Å². The van der Waals surface area contributed by atoms with Gasteiger partial charge in [0.1, 0.15) is 5.82 Å². The molecule has 2 heterocycles. The molecule has 0 spiro atoms. The van der Waals surface area contributed by atoms with Crippen LogP contribution in [0.3, 0.4) is 0 Å². The Bertz CT molecular complexity index is 355. The minimum atomic E-state index is -0.200. The molecule has 5 heteroatoms. The molecule has 0 bridgehead atoms.